The highest BCUT2D eigenvalue weighted by molar-refractivity contribution is 7.15. The lowest BCUT2D eigenvalue weighted by Crippen LogP contribution is -1.89. The van der Waals surface area contributed by atoms with Crippen LogP contribution in [-0.2, 0) is 0 Å². The Bertz CT molecular complexity index is 657. The van der Waals surface area contributed by atoms with Gasteiger partial charge in [-0.3, -0.25) is 0 Å². The summed E-state index contributed by atoms with van der Waals surface area (Å²) in [6, 6.07) is 9.81. The summed E-state index contributed by atoms with van der Waals surface area (Å²) >= 11 is 1.02. The first-order valence-corrected chi connectivity index (χ1v) is 6.04. The second-order valence-corrected chi connectivity index (χ2v) is 4.58. The lowest BCUT2D eigenvalue weighted by molar-refractivity contribution is 0.0702. The van der Waals surface area contributed by atoms with Gasteiger partial charge in [-0.1, -0.05) is 11.3 Å². The van der Waals surface area contributed by atoms with Crippen molar-refractivity contribution in [1.29, 1.82) is 5.26 Å². The number of nitriles is 1. The van der Waals surface area contributed by atoms with Crippen LogP contribution in [0.4, 0.5) is 0 Å². The molecule has 0 atom stereocenters. The zero-order chi connectivity index (χ0) is 13.8. The average Bonchev–Trinajstić information content (AvgIpc) is 2.87. The van der Waals surface area contributed by atoms with Gasteiger partial charge in [-0.05, 0) is 24.3 Å². The topological polar surface area (TPSA) is 79.5 Å². The van der Waals surface area contributed by atoms with E-state index in [2.05, 4.69) is 0 Å². The molecule has 0 saturated heterocycles. The maximum atomic E-state index is 10.8. The van der Waals surface area contributed by atoms with Crippen LogP contribution < -0.4 is 9.47 Å². The molecule has 0 spiro atoms. The number of thiophene rings is 1. The van der Waals surface area contributed by atoms with E-state index in [-0.39, 0.29) is 4.88 Å². The third-order valence-corrected chi connectivity index (χ3v) is 3.21. The summed E-state index contributed by atoms with van der Waals surface area (Å²) in [6.07, 6.45) is 0. The lowest BCUT2D eigenvalue weighted by atomic mass is 10.2. The first-order chi connectivity index (χ1) is 9.12. The first-order valence-electron chi connectivity index (χ1n) is 5.22. The number of rotatable bonds is 4. The number of carboxylic acid groups (broad SMARTS) is 1. The van der Waals surface area contributed by atoms with Gasteiger partial charge in [-0.15, -0.1) is 0 Å². The quantitative estimate of drug-likeness (QED) is 0.927. The smallest absolute Gasteiger partial charge is 0.345 e. The zero-order valence-corrected chi connectivity index (χ0v) is 10.7. The summed E-state index contributed by atoms with van der Waals surface area (Å²) in [5.74, 6) is -0.0676. The second-order valence-electron chi connectivity index (χ2n) is 3.53. The molecule has 0 aliphatic heterocycles. The summed E-state index contributed by atoms with van der Waals surface area (Å²) in [4.78, 5) is 11.0. The van der Waals surface area contributed by atoms with Crippen LogP contribution in [0.2, 0.25) is 0 Å². The normalized spacial score (nSPS) is 9.68. The molecule has 19 heavy (non-hydrogen) atoms. The number of methoxy groups -OCH3 is 1. The Labute approximate surface area is 113 Å². The predicted octanol–water partition coefficient (Wildman–Crippen LogP) is 3.12. The standard InChI is InChI=1S/C13H9NO4S/c1-17-9-4-8(7-14)5-10(6-9)18-12-3-2-11(19-12)13(15)16/h2-6H,1H3,(H,15,16). The van der Waals surface area contributed by atoms with E-state index in [9.17, 15) is 4.79 Å². The van der Waals surface area contributed by atoms with Gasteiger partial charge >= 0.3 is 5.97 Å². The van der Waals surface area contributed by atoms with Crippen LogP contribution in [0.25, 0.3) is 0 Å². The minimum atomic E-state index is -0.997. The molecule has 5 nitrogen and oxygen atoms in total. The van der Waals surface area contributed by atoms with Crippen molar-refractivity contribution in [2.75, 3.05) is 7.11 Å². The van der Waals surface area contributed by atoms with Crippen molar-refractivity contribution in [3.8, 4) is 22.6 Å². The molecule has 2 aromatic rings. The molecule has 0 aliphatic rings. The molecule has 0 radical (unpaired) electrons. The fraction of sp³-hybridized carbons (Fsp3) is 0.0769. The summed E-state index contributed by atoms with van der Waals surface area (Å²) in [6.45, 7) is 0. The molecule has 6 heteroatoms. The molecule has 1 heterocycles. The fourth-order valence-electron chi connectivity index (χ4n) is 1.42. The number of aromatic carboxylic acids is 1. The van der Waals surface area contributed by atoms with Crippen molar-refractivity contribution in [2.24, 2.45) is 0 Å². The highest BCUT2D eigenvalue weighted by Gasteiger charge is 2.09. The maximum absolute atomic E-state index is 10.8. The van der Waals surface area contributed by atoms with Gasteiger partial charge in [0.25, 0.3) is 0 Å². The first kappa shape index (κ1) is 12.9. The van der Waals surface area contributed by atoms with Crippen molar-refractivity contribution in [3.05, 3.63) is 40.8 Å². The van der Waals surface area contributed by atoms with Crippen molar-refractivity contribution < 1.29 is 19.4 Å². The minimum Gasteiger partial charge on any atom is -0.497 e. The summed E-state index contributed by atoms with van der Waals surface area (Å²) < 4.78 is 10.6. The Morgan fingerprint density at radius 2 is 2.05 bits per heavy atom. The van der Waals surface area contributed by atoms with E-state index in [1.807, 2.05) is 6.07 Å². The molecule has 0 fully saturated rings. The van der Waals surface area contributed by atoms with Crippen LogP contribution >= 0.6 is 11.3 Å². The van der Waals surface area contributed by atoms with Crippen LogP contribution in [0.3, 0.4) is 0 Å². The SMILES string of the molecule is COc1cc(C#N)cc(Oc2ccc(C(=O)O)s2)c1. The van der Waals surface area contributed by atoms with Gasteiger partial charge in [-0.2, -0.15) is 5.26 Å². The third kappa shape index (κ3) is 3.03. The van der Waals surface area contributed by atoms with Crippen LogP contribution in [0, 0.1) is 11.3 Å². The van der Waals surface area contributed by atoms with E-state index < -0.39 is 5.97 Å². The molecule has 0 saturated carbocycles. The molecule has 2 rings (SSSR count). The Balaban J connectivity index is 2.27. The zero-order valence-electron chi connectivity index (χ0n) is 9.91. The third-order valence-electron chi connectivity index (χ3n) is 2.26. The van der Waals surface area contributed by atoms with Gasteiger partial charge in [0, 0.05) is 6.07 Å². The molecule has 1 aromatic heterocycles. The lowest BCUT2D eigenvalue weighted by Gasteiger charge is -2.06. The highest BCUT2D eigenvalue weighted by atomic mass is 32.1. The monoisotopic (exact) mass is 275 g/mol. The van der Waals surface area contributed by atoms with Gasteiger partial charge in [0.1, 0.15) is 16.4 Å². The molecule has 0 amide bonds. The second kappa shape index (κ2) is 5.42. The van der Waals surface area contributed by atoms with E-state index in [4.69, 9.17) is 19.8 Å². The molecular weight excluding hydrogens is 266 g/mol. The van der Waals surface area contributed by atoms with E-state index >= 15 is 0 Å². The Hall–Kier alpha value is -2.52. The molecule has 1 aromatic carbocycles. The van der Waals surface area contributed by atoms with Crippen molar-refractivity contribution in [1.82, 2.24) is 0 Å². The van der Waals surface area contributed by atoms with E-state index in [1.165, 1.54) is 13.2 Å². The number of benzene rings is 1. The van der Waals surface area contributed by atoms with Crippen molar-refractivity contribution >= 4 is 17.3 Å². The minimum absolute atomic E-state index is 0.193. The van der Waals surface area contributed by atoms with Crippen LogP contribution in [-0.4, -0.2) is 18.2 Å². The number of hydrogen-bond donors (Lipinski definition) is 1. The number of carboxylic acids is 1. The van der Waals surface area contributed by atoms with Gasteiger partial charge in [0.2, 0.25) is 0 Å². The van der Waals surface area contributed by atoms with E-state index in [0.29, 0.717) is 22.1 Å². The van der Waals surface area contributed by atoms with Gasteiger partial charge in [0.15, 0.2) is 5.06 Å². The van der Waals surface area contributed by atoms with Gasteiger partial charge < -0.3 is 14.6 Å². The molecule has 1 N–H and O–H groups in total. The Morgan fingerprint density at radius 1 is 1.32 bits per heavy atom. The predicted molar refractivity (Wildman–Crippen MR) is 69.1 cm³/mol. The van der Waals surface area contributed by atoms with Crippen molar-refractivity contribution in [3.63, 3.8) is 0 Å². The largest absolute Gasteiger partial charge is 0.497 e. The summed E-state index contributed by atoms with van der Waals surface area (Å²) in [7, 11) is 1.49. The number of ether oxygens (including phenoxy) is 2. The number of hydrogen-bond acceptors (Lipinski definition) is 5. The average molecular weight is 275 g/mol. The Kier molecular flexibility index (Phi) is 3.68. The van der Waals surface area contributed by atoms with E-state index in [1.54, 1.807) is 24.3 Å². The van der Waals surface area contributed by atoms with Crippen LogP contribution in [0.1, 0.15) is 15.2 Å². The highest BCUT2D eigenvalue weighted by Crippen LogP contribution is 2.32. The Morgan fingerprint density at radius 3 is 2.63 bits per heavy atom. The van der Waals surface area contributed by atoms with Gasteiger partial charge in [0.05, 0.1) is 18.7 Å². The number of nitrogens with zero attached hydrogens (tertiary/aromatic N) is 1. The maximum Gasteiger partial charge on any atom is 0.345 e. The molecule has 0 aliphatic carbocycles. The summed E-state index contributed by atoms with van der Waals surface area (Å²) in [5.41, 5.74) is 0.407. The van der Waals surface area contributed by atoms with Crippen molar-refractivity contribution in [2.45, 2.75) is 0 Å². The van der Waals surface area contributed by atoms with Gasteiger partial charge in [-0.25, -0.2) is 4.79 Å². The van der Waals surface area contributed by atoms with Crippen LogP contribution in [0.15, 0.2) is 30.3 Å². The summed E-state index contributed by atoms with van der Waals surface area (Å²) in [5, 5.41) is 18.1. The number of carbonyl (C=O) groups is 1. The van der Waals surface area contributed by atoms with E-state index in [0.717, 1.165) is 11.3 Å². The van der Waals surface area contributed by atoms with Crippen LogP contribution in [0.5, 0.6) is 16.6 Å². The molecular formula is C13H9NO4S. The fourth-order valence-corrected chi connectivity index (χ4v) is 2.13. The molecule has 0 unspecified atom stereocenters. The molecule has 96 valence electrons. The molecule has 0 bridgehead atoms.